The Morgan fingerprint density at radius 1 is 1.37 bits per heavy atom. The number of nitrogens with zero attached hydrogens (tertiary/aromatic N) is 2. The Labute approximate surface area is 116 Å². The molecule has 0 aromatic heterocycles. The molecule has 0 aliphatic heterocycles. The second kappa shape index (κ2) is 7.83. The van der Waals surface area contributed by atoms with E-state index in [1.807, 2.05) is 6.07 Å². The molecule has 1 fully saturated rings. The molecule has 110 valence electrons. The lowest BCUT2D eigenvalue weighted by atomic mass is 9.95. The molecule has 1 unspecified atom stereocenters. The van der Waals surface area contributed by atoms with E-state index >= 15 is 0 Å². The monoisotopic (exact) mass is 288 g/mol. The molecular weight excluding hydrogens is 264 g/mol. The Hall–Kier alpha value is -0.640. The maximum absolute atomic E-state index is 12.3. The first-order valence-corrected chi connectivity index (χ1v) is 8.63. The van der Waals surface area contributed by atoms with Gasteiger partial charge in [0.2, 0.25) is 10.0 Å². The third-order valence-corrected chi connectivity index (χ3v) is 5.44. The molecule has 0 amide bonds. The van der Waals surface area contributed by atoms with Crippen LogP contribution in [-0.4, -0.2) is 42.3 Å². The van der Waals surface area contributed by atoms with Crippen molar-refractivity contribution in [1.82, 2.24) is 4.31 Å². The highest BCUT2D eigenvalue weighted by Crippen LogP contribution is 2.25. The van der Waals surface area contributed by atoms with Gasteiger partial charge in [-0.3, -0.25) is 0 Å². The SMILES string of the molecule is CC(O)CN(C1CCCCC1)S(=O)(=O)CCCC#N. The maximum Gasteiger partial charge on any atom is 0.214 e. The molecule has 1 saturated carbocycles. The first-order chi connectivity index (χ1) is 8.97. The number of aliphatic hydroxyl groups is 1. The van der Waals surface area contributed by atoms with Crippen LogP contribution in [0.2, 0.25) is 0 Å². The quantitative estimate of drug-likeness (QED) is 0.722. The normalized spacial score (nSPS) is 19.3. The maximum atomic E-state index is 12.3. The van der Waals surface area contributed by atoms with Crippen LogP contribution in [0.25, 0.3) is 0 Å². The van der Waals surface area contributed by atoms with Crippen LogP contribution in [0.4, 0.5) is 0 Å². The van der Waals surface area contributed by atoms with Gasteiger partial charge in [-0.1, -0.05) is 19.3 Å². The van der Waals surface area contributed by atoms with E-state index in [0.717, 1.165) is 32.1 Å². The van der Waals surface area contributed by atoms with Crippen molar-refractivity contribution >= 4 is 10.0 Å². The summed E-state index contributed by atoms with van der Waals surface area (Å²) in [5.74, 6) is 0.00375. The lowest BCUT2D eigenvalue weighted by molar-refractivity contribution is 0.136. The fourth-order valence-electron chi connectivity index (χ4n) is 2.57. The molecule has 1 atom stereocenters. The van der Waals surface area contributed by atoms with Gasteiger partial charge in [0.1, 0.15) is 0 Å². The zero-order chi connectivity index (χ0) is 14.3. The van der Waals surface area contributed by atoms with E-state index in [-0.39, 0.29) is 24.8 Å². The van der Waals surface area contributed by atoms with Crippen LogP contribution in [0.1, 0.15) is 51.9 Å². The van der Waals surface area contributed by atoms with Gasteiger partial charge in [0.15, 0.2) is 0 Å². The number of hydrogen-bond acceptors (Lipinski definition) is 4. The molecule has 0 heterocycles. The summed E-state index contributed by atoms with van der Waals surface area (Å²) in [5, 5.41) is 18.0. The summed E-state index contributed by atoms with van der Waals surface area (Å²) in [5.41, 5.74) is 0. The van der Waals surface area contributed by atoms with E-state index < -0.39 is 16.1 Å². The van der Waals surface area contributed by atoms with Gasteiger partial charge in [-0.2, -0.15) is 9.57 Å². The van der Waals surface area contributed by atoms with Crippen LogP contribution < -0.4 is 0 Å². The topological polar surface area (TPSA) is 81.4 Å². The van der Waals surface area contributed by atoms with Gasteiger partial charge >= 0.3 is 0 Å². The highest BCUT2D eigenvalue weighted by Gasteiger charge is 2.31. The van der Waals surface area contributed by atoms with E-state index in [2.05, 4.69) is 0 Å². The van der Waals surface area contributed by atoms with Crippen LogP contribution in [0.5, 0.6) is 0 Å². The summed E-state index contributed by atoms with van der Waals surface area (Å²) in [6, 6.07) is 1.99. The van der Waals surface area contributed by atoms with Gasteiger partial charge in [0.25, 0.3) is 0 Å². The van der Waals surface area contributed by atoms with Crippen LogP contribution in [-0.2, 0) is 10.0 Å². The third kappa shape index (κ3) is 5.47. The van der Waals surface area contributed by atoms with Crippen molar-refractivity contribution in [2.75, 3.05) is 12.3 Å². The standard InChI is InChI=1S/C13H24N2O3S/c1-12(16)11-15(13-7-3-2-4-8-13)19(17,18)10-6-5-9-14/h12-13,16H,2-8,10-11H2,1H3. The first kappa shape index (κ1) is 16.4. The summed E-state index contributed by atoms with van der Waals surface area (Å²) in [6.45, 7) is 1.78. The lowest BCUT2D eigenvalue weighted by Gasteiger charge is -2.34. The molecule has 1 aliphatic carbocycles. The molecular formula is C13H24N2O3S. The number of unbranched alkanes of at least 4 members (excludes halogenated alkanes) is 1. The minimum atomic E-state index is -3.37. The van der Waals surface area contributed by atoms with Crippen LogP contribution in [0.15, 0.2) is 0 Å². The zero-order valence-electron chi connectivity index (χ0n) is 11.6. The molecule has 0 aromatic carbocycles. The Kier molecular flexibility index (Phi) is 6.76. The molecule has 0 saturated heterocycles. The minimum Gasteiger partial charge on any atom is -0.392 e. The second-order valence-electron chi connectivity index (χ2n) is 5.29. The van der Waals surface area contributed by atoms with Crippen molar-refractivity contribution in [3.05, 3.63) is 0 Å². The van der Waals surface area contributed by atoms with Crippen molar-refractivity contribution in [2.45, 2.75) is 64.0 Å². The molecule has 19 heavy (non-hydrogen) atoms. The number of hydrogen-bond donors (Lipinski definition) is 1. The average Bonchev–Trinajstić information content (AvgIpc) is 2.37. The largest absolute Gasteiger partial charge is 0.392 e. The van der Waals surface area contributed by atoms with Crippen LogP contribution in [0, 0.1) is 11.3 Å². The van der Waals surface area contributed by atoms with Gasteiger partial charge in [0, 0.05) is 19.0 Å². The lowest BCUT2D eigenvalue weighted by Crippen LogP contribution is -2.45. The summed E-state index contributed by atoms with van der Waals surface area (Å²) in [4.78, 5) is 0. The van der Waals surface area contributed by atoms with Gasteiger partial charge in [-0.15, -0.1) is 0 Å². The van der Waals surface area contributed by atoms with Crippen LogP contribution in [0.3, 0.4) is 0 Å². The second-order valence-corrected chi connectivity index (χ2v) is 7.33. The van der Waals surface area contributed by atoms with Crippen molar-refractivity contribution in [3.63, 3.8) is 0 Å². The van der Waals surface area contributed by atoms with Crippen LogP contribution >= 0.6 is 0 Å². The molecule has 1 rings (SSSR count). The summed E-state index contributed by atoms with van der Waals surface area (Å²) >= 11 is 0. The van der Waals surface area contributed by atoms with Gasteiger partial charge in [-0.25, -0.2) is 8.42 Å². The Morgan fingerprint density at radius 2 is 2.00 bits per heavy atom. The van der Waals surface area contributed by atoms with Crippen molar-refractivity contribution in [1.29, 1.82) is 5.26 Å². The highest BCUT2D eigenvalue weighted by molar-refractivity contribution is 7.89. The van der Waals surface area contributed by atoms with Gasteiger partial charge in [0.05, 0.1) is 17.9 Å². The smallest absolute Gasteiger partial charge is 0.214 e. The highest BCUT2D eigenvalue weighted by atomic mass is 32.2. The molecule has 0 spiro atoms. The van der Waals surface area contributed by atoms with Crippen molar-refractivity contribution in [2.24, 2.45) is 0 Å². The Bertz CT molecular complexity index is 395. The number of nitriles is 1. The summed E-state index contributed by atoms with van der Waals surface area (Å²) in [7, 11) is -3.37. The first-order valence-electron chi connectivity index (χ1n) is 7.02. The van der Waals surface area contributed by atoms with Crippen molar-refractivity contribution < 1.29 is 13.5 Å². The molecule has 0 aromatic rings. The Balaban J connectivity index is 2.73. The predicted octanol–water partition coefficient (Wildman–Crippen LogP) is 1.64. The zero-order valence-corrected chi connectivity index (χ0v) is 12.4. The number of sulfonamides is 1. The molecule has 6 heteroatoms. The number of aliphatic hydroxyl groups excluding tert-OH is 1. The fraction of sp³-hybridized carbons (Fsp3) is 0.923. The fourth-order valence-corrected chi connectivity index (χ4v) is 4.42. The third-order valence-electron chi connectivity index (χ3n) is 3.47. The summed E-state index contributed by atoms with van der Waals surface area (Å²) < 4.78 is 26.2. The molecule has 5 nitrogen and oxygen atoms in total. The Morgan fingerprint density at radius 3 is 2.53 bits per heavy atom. The predicted molar refractivity (Wildman–Crippen MR) is 73.9 cm³/mol. The molecule has 1 N–H and O–H groups in total. The molecule has 0 radical (unpaired) electrons. The average molecular weight is 288 g/mol. The summed E-state index contributed by atoms with van der Waals surface area (Å²) in [6.07, 6.45) is 4.98. The van der Waals surface area contributed by atoms with E-state index in [1.165, 1.54) is 4.31 Å². The number of rotatable bonds is 7. The minimum absolute atomic E-state index is 0.00375. The van der Waals surface area contributed by atoms with Crippen molar-refractivity contribution in [3.8, 4) is 6.07 Å². The van der Waals surface area contributed by atoms with Gasteiger partial charge < -0.3 is 5.11 Å². The van der Waals surface area contributed by atoms with E-state index in [4.69, 9.17) is 5.26 Å². The van der Waals surface area contributed by atoms with E-state index in [0.29, 0.717) is 6.42 Å². The van der Waals surface area contributed by atoms with E-state index in [1.54, 1.807) is 6.92 Å². The van der Waals surface area contributed by atoms with Gasteiger partial charge in [-0.05, 0) is 26.2 Å². The molecule has 1 aliphatic rings. The van der Waals surface area contributed by atoms with E-state index in [9.17, 15) is 13.5 Å². The molecule has 0 bridgehead atoms.